The van der Waals surface area contributed by atoms with Gasteiger partial charge in [-0.1, -0.05) is 35.9 Å². The summed E-state index contributed by atoms with van der Waals surface area (Å²) in [6, 6.07) is 13.8. The Labute approximate surface area is 122 Å². The van der Waals surface area contributed by atoms with E-state index in [1.807, 2.05) is 12.1 Å². The molecular weight excluding hydrogens is 276 g/mol. The SMILES string of the molecule is O=C(O)C(Cc1ccc(O)cc1)Cc1cccc(Cl)c1. The van der Waals surface area contributed by atoms with Crippen LogP contribution in [0.2, 0.25) is 5.02 Å². The highest BCUT2D eigenvalue weighted by atomic mass is 35.5. The molecule has 2 N–H and O–H groups in total. The summed E-state index contributed by atoms with van der Waals surface area (Å²) in [6.45, 7) is 0. The maximum Gasteiger partial charge on any atom is 0.307 e. The number of halogens is 1. The lowest BCUT2D eigenvalue weighted by Gasteiger charge is -2.13. The first-order chi connectivity index (χ1) is 9.54. The fourth-order valence-electron chi connectivity index (χ4n) is 2.11. The molecule has 2 aromatic rings. The predicted molar refractivity (Wildman–Crippen MR) is 78.1 cm³/mol. The summed E-state index contributed by atoms with van der Waals surface area (Å²) >= 11 is 5.91. The van der Waals surface area contributed by atoms with Crippen LogP contribution in [0.15, 0.2) is 48.5 Å². The molecule has 0 aliphatic heterocycles. The average Bonchev–Trinajstić information content (AvgIpc) is 2.40. The molecule has 1 unspecified atom stereocenters. The summed E-state index contributed by atoms with van der Waals surface area (Å²) < 4.78 is 0. The van der Waals surface area contributed by atoms with Crippen LogP contribution < -0.4 is 0 Å². The second-order valence-corrected chi connectivity index (χ2v) is 5.18. The summed E-state index contributed by atoms with van der Waals surface area (Å²) in [4.78, 5) is 11.4. The van der Waals surface area contributed by atoms with Crippen molar-refractivity contribution in [1.29, 1.82) is 0 Å². The van der Waals surface area contributed by atoms with Gasteiger partial charge in [-0.25, -0.2) is 0 Å². The molecule has 0 saturated heterocycles. The third-order valence-corrected chi connectivity index (χ3v) is 3.37. The molecule has 0 bridgehead atoms. The molecule has 0 fully saturated rings. The third kappa shape index (κ3) is 4.00. The standard InChI is InChI=1S/C16H15ClO3/c17-14-3-1-2-12(10-14)9-13(16(19)20)8-11-4-6-15(18)7-5-11/h1-7,10,13,18H,8-9H2,(H,19,20). The Bertz CT molecular complexity index is 593. The van der Waals surface area contributed by atoms with Gasteiger partial charge in [0.25, 0.3) is 0 Å². The number of carbonyl (C=O) groups is 1. The lowest BCUT2D eigenvalue weighted by atomic mass is 9.92. The number of benzene rings is 2. The average molecular weight is 291 g/mol. The van der Waals surface area contributed by atoms with Gasteiger partial charge in [0.05, 0.1) is 5.92 Å². The lowest BCUT2D eigenvalue weighted by Crippen LogP contribution is -2.19. The molecule has 2 aromatic carbocycles. The number of carboxylic acid groups (broad SMARTS) is 1. The number of rotatable bonds is 5. The van der Waals surface area contributed by atoms with E-state index in [1.165, 1.54) is 0 Å². The van der Waals surface area contributed by atoms with Crippen LogP contribution in [0.3, 0.4) is 0 Å². The van der Waals surface area contributed by atoms with Gasteiger partial charge in [-0.3, -0.25) is 4.79 Å². The zero-order chi connectivity index (χ0) is 14.5. The number of phenolic OH excluding ortho intramolecular Hbond substituents is 1. The van der Waals surface area contributed by atoms with E-state index >= 15 is 0 Å². The number of hydrogen-bond donors (Lipinski definition) is 2. The molecule has 20 heavy (non-hydrogen) atoms. The molecule has 3 nitrogen and oxygen atoms in total. The zero-order valence-corrected chi connectivity index (χ0v) is 11.5. The molecule has 0 aliphatic rings. The topological polar surface area (TPSA) is 57.5 Å². The van der Waals surface area contributed by atoms with Gasteiger partial charge in [-0.15, -0.1) is 0 Å². The minimum absolute atomic E-state index is 0.176. The molecule has 0 saturated carbocycles. The smallest absolute Gasteiger partial charge is 0.307 e. The van der Waals surface area contributed by atoms with Crippen LogP contribution in [-0.2, 0) is 17.6 Å². The van der Waals surface area contributed by atoms with E-state index < -0.39 is 11.9 Å². The molecular formula is C16H15ClO3. The Morgan fingerprint density at radius 1 is 1.05 bits per heavy atom. The highest BCUT2D eigenvalue weighted by molar-refractivity contribution is 6.30. The molecule has 1 atom stereocenters. The maximum atomic E-state index is 11.4. The molecule has 0 radical (unpaired) electrons. The largest absolute Gasteiger partial charge is 0.508 e. The van der Waals surface area contributed by atoms with Crippen LogP contribution in [0.25, 0.3) is 0 Å². The van der Waals surface area contributed by atoms with E-state index in [0.717, 1.165) is 11.1 Å². The van der Waals surface area contributed by atoms with Crippen molar-refractivity contribution in [3.63, 3.8) is 0 Å². The van der Waals surface area contributed by atoms with Crippen molar-refractivity contribution in [1.82, 2.24) is 0 Å². The Morgan fingerprint density at radius 2 is 1.70 bits per heavy atom. The van der Waals surface area contributed by atoms with Crippen LogP contribution in [0.5, 0.6) is 5.75 Å². The highest BCUT2D eigenvalue weighted by Crippen LogP contribution is 2.19. The van der Waals surface area contributed by atoms with Gasteiger partial charge in [0.15, 0.2) is 0 Å². The summed E-state index contributed by atoms with van der Waals surface area (Å²) in [6.07, 6.45) is 0.846. The Kier molecular flexibility index (Phi) is 4.64. The van der Waals surface area contributed by atoms with Crippen molar-refractivity contribution in [2.24, 2.45) is 5.92 Å². The van der Waals surface area contributed by atoms with Crippen LogP contribution in [0.4, 0.5) is 0 Å². The van der Waals surface area contributed by atoms with Gasteiger partial charge in [0.2, 0.25) is 0 Å². The number of carboxylic acids is 1. The Morgan fingerprint density at radius 3 is 2.30 bits per heavy atom. The fraction of sp³-hybridized carbons (Fsp3) is 0.188. The van der Waals surface area contributed by atoms with Crippen molar-refractivity contribution in [2.75, 3.05) is 0 Å². The molecule has 104 valence electrons. The lowest BCUT2D eigenvalue weighted by molar-refractivity contribution is -0.141. The van der Waals surface area contributed by atoms with Gasteiger partial charge in [-0.05, 0) is 48.2 Å². The number of hydrogen-bond acceptors (Lipinski definition) is 2. The Balaban J connectivity index is 2.11. The monoisotopic (exact) mass is 290 g/mol. The van der Waals surface area contributed by atoms with Gasteiger partial charge in [-0.2, -0.15) is 0 Å². The van der Waals surface area contributed by atoms with Crippen molar-refractivity contribution in [3.8, 4) is 5.75 Å². The van der Waals surface area contributed by atoms with Crippen molar-refractivity contribution >= 4 is 17.6 Å². The van der Waals surface area contributed by atoms with Crippen LogP contribution in [0, 0.1) is 5.92 Å². The summed E-state index contributed by atoms with van der Waals surface area (Å²) in [7, 11) is 0. The van der Waals surface area contributed by atoms with E-state index in [0.29, 0.717) is 17.9 Å². The van der Waals surface area contributed by atoms with Crippen LogP contribution >= 0.6 is 11.6 Å². The van der Waals surface area contributed by atoms with Crippen LogP contribution in [-0.4, -0.2) is 16.2 Å². The highest BCUT2D eigenvalue weighted by Gasteiger charge is 2.18. The molecule has 0 spiro atoms. The zero-order valence-electron chi connectivity index (χ0n) is 10.8. The van der Waals surface area contributed by atoms with E-state index in [1.54, 1.807) is 36.4 Å². The van der Waals surface area contributed by atoms with Gasteiger partial charge >= 0.3 is 5.97 Å². The maximum absolute atomic E-state index is 11.4. The fourth-order valence-corrected chi connectivity index (χ4v) is 2.32. The minimum Gasteiger partial charge on any atom is -0.508 e. The summed E-state index contributed by atoms with van der Waals surface area (Å²) in [5.41, 5.74) is 1.79. The summed E-state index contributed by atoms with van der Waals surface area (Å²) in [5.74, 6) is -1.17. The van der Waals surface area contributed by atoms with E-state index in [2.05, 4.69) is 0 Å². The van der Waals surface area contributed by atoms with Crippen molar-refractivity contribution < 1.29 is 15.0 Å². The second kappa shape index (κ2) is 6.44. The van der Waals surface area contributed by atoms with E-state index in [-0.39, 0.29) is 5.75 Å². The quantitative estimate of drug-likeness (QED) is 0.885. The predicted octanol–water partition coefficient (Wildman–Crippen LogP) is 3.53. The molecule has 0 amide bonds. The van der Waals surface area contributed by atoms with Crippen molar-refractivity contribution in [3.05, 3.63) is 64.7 Å². The molecule has 0 heterocycles. The first-order valence-electron chi connectivity index (χ1n) is 6.30. The second-order valence-electron chi connectivity index (χ2n) is 4.74. The number of phenols is 1. The molecule has 0 aliphatic carbocycles. The van der Waals surface area contributed by atoms with E-state index in [4.69, 9.17) is 11.6 Å². The first-order valence-corrected chi connectivity index (χ1v) is 6.67. The van der Waals surface area contributed by atoms with Crippen LogP contribution in [0.1, 0.15) is 11.1 Å². The molecule has 4 heteroatoms. The van der Waals surface area contributed by atoms with Gasteiger partial charge < -0.3 is 10.2 Å². The number of aliphatic carboxylic acids is 1. The van der Waals surface area contributed by atoms with Gasteiger partial charge in [0.1, 0.15) is 5.75 Å². The normalized spacial score (nSPS) is 12.1. The van der Waals surface area contributed by atoms with E-state index in [9.17, 15) is 15.0 Å². The van der Waals surface area contributed by atoms with Gasteiger partial charge in [0, 0.05) is 5.02 Å². The van der Waals surface area contributed by atoms with Crippen molar-refractivity contribution in [2.45, 2.75) is 12.8 Å². The number of aromatic hydroxyl groups is 1. The first kappa shape index (κ1) is 14.4. The summed E-state index contributed by atoms with van der Waals surface area (Å²) in [5, 5.41) is 19.2. The molecule has 0 aromatic heterocycles. The third-order valence-electron chi connectivity index (χ3n) is 3.14. The minimum atomic E-state index is -0.835. The Hall–Kier alpha value is -2.00. The molecule has 2 rings (SSSR count).